The van der Waals surface area contributed by atoms with Gasteiger partial charge in [-0.3, -0.25) is 4.79 Å². The van der Waals surface area contributed by atoms with Crippen LogP contribution in [0.1, 0.15) is 33.1 Å². The number of carbonyl (C=O) groups is 2. The molecule has 0 saturated heterocycles. The molecule has 76 valence electrons. The van der Waals surface area contributed by atoms with Crippen LogP contribution in [0, 0.1) is 0 Å². The van der Waals surface area contributed by atoms with Crippen molar-refractivity contribution in [2.45, 2.75) is 38.7 Å². The van der Waals surface area contributed by atoms with Gasteiger partial charge in [0.1, 0.15) is 0 Å². The second-order valence-electron chi connectivity index (χ2n) is 3.09. The molecule has 0 aromatic carbocycles. The zero-order chi connectivity index (χ0) is 10.5. The molecule has 0 aliphatic carbocycles. The van der Waals surface area contributed by atoms with Gasteiger partial charge in [0, 0.05) is 6.42 Å². The van der Waals surface area contributed by atoms with Gasteiger partial charge in [-0.25, -0.2) is 4.79 Å². The minimum Gasteiger partial charge on any atom is -0.467 e. The molecule has 13 heavy (non-hydrogen) atoms. The van der Waals surface area contributed by atoms with Crippen molar-refractivity contribution >= 4 is 11.8 Å². The van der Waals surface area contributed by atoms with Crippen LogP contribution in [0.2, 0.25) is 0 Å². The van der Waals surface area contributed by atoms with Gasteiger partial charge in [0.25, 0.3) is 0 Å². The van der Waals surface area contributed by atoms with E-state index in [1.165, 1.54) is 0 Å². The number of ketones is 1. The third kappa shape index (κ3) is 3.14. The Morgan fingerprint density at radius 3 is 2.38 bits per heavy atom. The molecule has 4 nitrogen and oxygen atoms in total. The zero-order valence-corrected chi connectivity index (χ0v) is 8.29. The first-order valence-electron chi connectivity index (χ1n) is 4.30. The van der Waals surface area contributed by atoms with E-state index in [1.54, 1.807) is 0 Å². The van der Waals surface area contributed by atoms with Gasteiger partial charge in [0.15, 0.2) is 5.78 Å². The number of hydrogen-bond acceptors (Lipinski definition) is 4. The van der Waals surface area contributed by atoms with E-state index < -0.39 is 17.4 Å². The fourth-order valence-corrected chi connectivity index (χ4v) is 0.893. The number of hydrogen-bond donors (Lipinski definition) is 1. The monoisotopic (exact) mass is 188 g/mol. The fourth-order valence-electron chi connectivity index (χ4n) is 0.893. The van der Waals surface area contributed by atoms with Gasteiger partial charge in [-0.2, -0.15) is 0 Å². The number of aliphatic hydroxyl groups is 1. The SMILES string of the molecule is CCCCC(=O)C(C)(O)C(=O)OC. The van der Waals surface area contributed by atoms with Crippen LogP contribution >= 0.6 is 0 Å². The van der Waals surface area contributed by atoms with E-state index in [2.05, 4.69) is 4.74 Å². The molecule has 0 heterocycles. The second-order valence-corrected chi connectivity index (χ2v) is 3.09. The fraction of sp³-hybridized carbons (Fsp3) is 0.778. The summed E-state index contributed by atoms with van der Waals surface area (Å²) in [7, 11) is 1.14. The van der Waals surface area contributed by atoms with Crippen molar-refractivity contribution < 1.29 is 19.4 Å². The maximum atomic E-state index is 11.3. The van der Waals surface area contributed by atoms with Crippen molar-refractivity contribution in [2.75, 3.05) is 7.11 Å². The second kappa shape index (κ2) is 4.97. The van der Waals surface area contributed by atoms with Crippen LogP contribution in [0.5, 0.6) is 0 Å². The van der Waals surface area contributed by atoms with E-state index in [-0.39, 0.29) is 6.42 Å². The minimum absolute atomic E-state index is 0.207. The highest BCUT2D eigenvalue weighted by Crippen LogP contribution is 2.11. The van der Waals surface area contributed by atoms with Crippen LogP contribution in [0.3, 0.4) is 0 Å². The molecule has 1 unspecified atom stereocenters. The van der Waals surface area contributed by atoms with Gasteiger partial charge >= 0.3 is 5.97 Å². The van der Waals surface area contributed by atoms with E-state index in [0.29, 0.717) is 6.42 Å². The summed E-state index contributed by atoms with van der Waals surface area (Å²) < 4.78 is 4.31. The molecule has 0 saturated carbocycles. The number of esters is 1. The molecular weight excluding hydrogens is 172 g/mol. The van der Waals surface area contributed by atoms with Crippen LogP contribution < -0.4 is 0 Å². The third-order valence-electron chi connectivity index (χ3n) is 1.88. The van der Waals surface area contributed by atoms with E-state index >= 15 is 0 Å². The van der Waals surface area contributed by atoms with Gasteiger partial charge in [0.2, 0.25) is 5.60 Å². The summed E-state index contributed by atoms with van der Waals surface area (Å²) in [6.45, 7) is 3.09. The summed E-state index contributed by atoms with van der Waals surface area (Å²) >= 11 is 0. The average molecular weight is 188 g/mol. The van der Waals surface area contributed by atoms with E-state index in [1.807, 2.05) is 6.92 Å². The molecule has 0 aromatic heterocycles. The predicted molar refractivity (Wildman–Crippen MR) is 47.2 cm³/mol. The minimum atomic E-state index is -1.98. The molecule has 0 aromatic rings. The molecule has 0 spiro atoms. The van der Waals surface area contributed by atoms with E-state index in [9.17, 15) is 14.7 Å². The highest BCUT2D eigenvalue weighted by atomic mass is 16.5. The average Bonchev–Trinajstić information content (AvgIpc) is 2.12. The van der Waals surface area contributed by atoms with Gasteiger partial charge in [-0.15, -0.1) is 0 Å². The number of unbranched alkanes of at least 4 members (excludes halogenated alkanes) is 1. The summed E-state index contributed by atoms with van der Waals surface area (Å²) in [6.07, 6.45) is 1.73. The number of methoxy groups -OCH3 is 1. The molecule has 1 N–H and O–H groups in total. The predicted octanol–water partition coefficient (Wildman–Crippen LogP) is 0.670. The Morgan fingerprint density at radius 2 is 2.00 bits per heavy atom. The lowest BCUT2D eigenvalue weighted by molar-refractivity contribution is -0.166. The Kier molecular flexibility index (Phi) is 4.62. The standard InChI is InChI=1S/C9H16O4/c1-4-5-6-7(10)9(2,12)8(11)13-3/h12H,4-6H2,1-3H3. The van der Waals surface area contributed by atoms with Crippen LogP contribution in [0.4, 0.5) is 0 Å². The topological polar surface area (TPSA) is 63.6 Å². The number of Topliss-reactive ketones (excluding diaryl/α,β-unsaturated/α-hetero) is 1. The summed E-state index contributed by atoms with van der Waals surface area (Å²) in [5.74, 6) is -1.38. The van der Waals surface area contributed by atoms with Crippen molar-refractivity contribution in [1.29, 1.82) is 0 Å². The summed E-state index contributed by atoms with van der Waals surface area (Å²) in [6, 6.07) is 0. The van der Waals surface area contributed by atoms with Crippen molar-refractivity contribution in [3.05, 3.63) is 0 Å². The van der Waals surface area contributed by atoms with Gasteiger partial charge in [0.05, 0.1) is 7.11 Å². The Labute approximate surface area is 77.9 Å². The first-order valence-corrected chi connectivity index (χ1v) is 4.30. The lowest BCUT2D eigenvalue weighted by Gasteiger charge is -2.18. The summed E-state index contributed by atoms with van der Waals surface area (Å²) in [5, 5.41) is 9.45. The van der Waals surface area contributed by atoms with E-state index in [4.69, 9.17) is 0 Å². The highest BCUT2D eigenvalue weighted by molar-refractivity contribution is 6.06. The summed E-state index contributed by atoms with van der Waals surface area (Å²) in [4.78, 5) is 22.2. The highest BCUT2D eigenvalue weighted by Gasteiger charge is 2.38. The molecule has 1 atom stereocenters. The lowest BCUT2D eigenvalue weighted by atomic mass is 9.97. The smallest absolute Gasteiger partial charge is 0.345 e. The van der Waals surface area contributed by atoms with Crippen molar-refractivity contribution in [3.8, 4) is 0 Å². The Balaban J connectivity index is 4.27. The first-order chi connectivity index (χ1) is 5.96. The van der Waals surface area contributed by atoms with Crippen LogP contribution in [0.25, 0.3) is 0 Å². The maximum Gasteiger partial charge on any atom is 0.345 e. The van der Waals surface area contributed by atoms with Crippen LogP contribution in [0.15, 0.2) is 0 Å². The molecule has 0 rings (SSSR count). The molecule has 0 aliphatic heterocycles. The van der Waals surface area contributed by atoms with Crippen molar-refractivity contribution in [1.82, 2.24) is 0 Å². The van der Waals surface area contributed by atoms with Crippen LogP contribution in [-0.2, 0) is 14.3 Å². The van der Waals surface area contributed by atoms with Gasteiger partial charge in [-0.1, -0.05) is 13.3 Å². The molecule has 4 heteroatoms. The quantitative estimate of drug-likeness (QED) is 0.508. The van der Waals surface area contributed by atoms with E-state index in [0.717, 1.165) is 20.5 Å². The van der Waals surface area contributed by atoms with Gasteiger partial charge < -0.3 is 9.84 Å². The summed E-state index contributed by atoms with van der Waals surface area (Å²) in [5.41, 5.74) is -1.98. The van der Waals surface area contributed by atoms with Crippen LogP contribution in [-0.4, -0.2) is 29.6 Å². The first kappa shape index (κ1) is 12.1. The number of carbonyl (C=O) groups excluding carboxylic acids is 2. The van der Waals surface area contributed by atoms with Crippen molar-refractivity contribution in [2.24, 2.45) is 0 Å². The Hall–Kier alpha value is -0.900. The largest absolute Gasteiger partial charge is 0.467 e. The molecular formula is C9H16O4. The normalized spacial score (nSPS) is 14.8. The molecule has 0 amide bonds. The lowest BCUT2D eigenvalue weighted by Crippen LogP contribution is -2.44. The molecule has 0 fully saturated rings. The Morgan fingerprint density at radius 1 is 1.46 bits per heavy atom. The zero-order valence-electron chi connectivity index (χ0n) is 8.29. The maximum absolute atomic E-state index is 11.3. The number of ether oxygens (including phenoxy) is 1. The number of rotatable bonds is 5. The van der Waals surface area contributed by atoms with Crippen molar-refractivity contribution in [3.63, 3.8) is 0 Å². The Bertz CT molecular complexity index is 196. The third-order valence-corrected chi connectivity index (χ3v) is 1.88. The molecule has 0 bridgehead atoms. The molecule has 0 aliphatic rings. The molecule has 0 radical (unpaired) electrons. The van der Waals surface area contributed by atoms with Gasteiger partial charge in [-0.05, 0) is 13.3 Å².